The van der Waals surface area contributed by atoms with Gasteiger partial charge in [0.1, 0.15) is 5.75 Å². The molecule has 0 fully saturated rings. The van der Waals surface area contributed by atoms with Gasteiger partial charge >= 0.3 is 0 Å². The molecule has 0 aliphatic carbocycles. The Morgan fingerprint density at radius 1 is 1.24 bits per heavy atom. The van der Waals surface area contributed by atoms with Crippen LogP contribution in [0.2, 0.25) is 5.02 Å². The average molecular weight is 383 g/mol. The van der Waals surface area contributed by atoms with Gasteiger partial charge in [0.05, 0.1) is 16.3 Å². The number of hydrogen-bond acceptors (Lipinski definition) is 4. The zero-order valence-electron chi connectivity index (χ0n) is 13.8. The summed E-state index contributed by atoms with van der Waals surface area (Å²) < 4.78 is 27.4. The third-order valence-corrected chi connectivity index (χ3v) is 5.29. The summed E-state index contributed by atoms with van der Waals surface area (Å²) in [6, 6.07) is 9.97. The SMILES string of the molecule is CC[C@@H](C)C(=O)Nc1cc(S(=O)(=O)Nc2cccc(Cl)c2)ccc1O. The van der Waals surface area contributed by atoms with Gasteiger partial charge < -0.3 is 10.4 Å². The molecule has 0 aliphatic heterocycles. The van der Waals surface area contributed by atoms with Crippen LogP contribution in [0, 0.1) is 5.92 Å². The summed E-state index contributed by atoms with van der Waals surface area (Å²) in [6.07, 6.45) is 0.626. The highest BCUT2D eigenvalue weighted by Gasteiger charge is 2.18. The zero-order valence-corrected chi connectivity index (χ0v) is 15.4. The van der Waals surface area contributed by atoms with Crippen molar-refractivity contribution in [3.05, 3.63) is 47.5 Å². The molecule has 0 heterocycles. The minimum absolute atomic E-state index is 0.0410. The van der Waals surface area contributed by atoms with Crippen LogP contribution in [0.1, 0.15) is 20.3 Å². The molecule has 2 aromatic carbocycles. The van der Waals surface area contributed by atoms with Crippen LogP contribution in [0.25, 0.3) is 0 Å². The fraction of sp³-hybridized carbons (Fsp3) is 0.235. The van der Waals surface area contributed by atoms with Crippen LogP contribution in [-0.2, 0) is 14.8 Å². The molecule has 0 aliphatic rings. The van der Waals surface area contributed by atoms with Crippen molar-refractivity contribution in [2.24, 2.45) is 5.92 Å². The first kappa shape index (κ1) is 19.1. The Labute approximate surface area is 151 Å². The summed E-state index contributed by atoms with van der Waals surface area (Å²) in [5.74, 6) is -0.766. The quantitative estimate of drug-likeness (QED) is 0.661. The van der Waals surface area contributed by atoms with Gasteiger partial charge in [-0.15, -0.1) is 0 Å². The number of benzene rings is 2. The topological polar surface area (TPSA) is 95.5 Å². The van der Waals surface area contributed by atoms with Crippen LogP contribution in [0.4, 0.5) is 11.4 Å². The third kappa shape index (κ3) is 4.87. The number of hydrogen-bond donors (Lipinski definition) is 3. The summed E-state index contributed by atoms with van der Waals surface area (Å²) in [5.41, 5.74) is 0.352. The number of phenolic OH excluding ortho intramolecular Hbond substituents is 1. The average Bonchev–Trinajstić information content (AvgIpc) is 2.55. The van der Waals surface area contributed by atoms with Gasteiger partial charge in [-0.1, -0.05) is 31.5 Å². The predicted molar refractivity (Wildman–Crippen MR) is 98.5 cm³/mol. The smallest absolute Gasteiger partial charge is 0.261 e. The molecule has 0 saturated carbocycles. The molecular formula is C17H19ClN2O4S. The Bertz CT molecular complexity index is 884. The van der Waals surface area contributed by atoms with E-state index < -0.39 is 10.0 Å². The van der Waals surface area contributed by atoms with Crippen LogP contribution in [0.3, 0.4) is 0 Å². The maximum Gasteiger partial charge on any atom is 0.261 e. The van der Waals surface area contributed by atoms with Gasteiger partial charge in [-0.2, -0.15) is 0 Å². The lowest BCUT2D eigenvalue weighted by atomic mass is 10.1. The predicted octanol–water partition coefficient (Wildman–Crippen LogP) is 3.83. The fourth-order valence-electron chi connectivity index (χ4n) is 1.99. The standard InChI is InChI=1S/C17H19ClN2O4S/c1-3-11(2)17(22)19-15-10-14(7-8-16(15)21)25(23,24)20-13-6-4-5-12(18)9-13/h4-11,20-21H,3H2,1-2H3,(H,19,22)/t11-/m1/s1. The molecule has 8 heteroatoms. The van der Waals surface area contributed by atoms with Crippen molar-refractivity contribution in [1.82, 2.24) is 0 Å². The molecule has 0 bridgehead atoms. The first-order valence-corrected chi connectivity index (χ1v) is 9.51. The van der Waals surface area contributed by atoms with Crippen molar-refractivity contribution in [2.75, 3.05) is 10.0 Å². The van der Waals surface area contributed by atoms with Crippen LogP contribution >= 0.6 is 11.6 Å². The highest BCUT2D eigenvalue weighted by Crippen LogP contribution is 2.28. The van der Waals surface area contributed by atoms with Gasteiger partial charge in [-0.05, 0) is 42.8 Å². The van der Waals surface area contributed by atoms with Crippen LogP contribution in [-0.4, -0.2) is 19.4 Å². The Morgan fingerprint density at radius 3 is 2.60 bits per heavy atom. The monoisotopic (exact) mass is 382 g/mol. The second-order valence-corrected chi connectivity index (χ2v) is 7.71. The van der Waals surface area contributed by atoms with Crippen LogP contribution in [0.5, 0.6) is 5.75 Å². The minimum atomic E-state index is -3.90. The van der Waals surface area contributed by atoms with Crippen molar-refractivity contribution in [3.63, 3.8) is 0 Å². The van der Waals surface area contributed by atoms with E-state index in [2.05, 4.69) is 10.0 Å². The molecule has 25 heavy (non-hydrogen) atoms. The van der Waals surface area contributed by atoms with E-state index in [0.29, 0.717) is 17.1 Å². The second-order valence-electron chi connectivity index (χ2n) is 5.59. The third-order valence-electron chi connectivity index (χ3n) is 3.67. The van der Waals surface area contributed by atoms with E-state index in [1.165, 1.54) is 24.3 Å². The molecule has 2 aromatic rings. The summed E-state index contributed by atoms with van der Waals surface area (Å²) >= 11 is 5.85. The van der Waals surface area contributed by atoms with E-state index in [1.807, 2.05) is 6.92 Å². The van der Waals surface area contributed by atoms with Gasteiger partial charge in [-0.3, -0.25) is 9.52 Å². The summed E-state index contributed by atoms with van der Waals surface area (Å²) in [7, 11) is -3.90. The molecule has 3 N–H and O–H groups in total. The highest BCUT2D eigenvalue weighted by atomic mass is 35.5. The molecule has 0 saturated heterocycles. The lowest BCUT2D eigenvalue weighted by Crippen LogP contribution is -2.20. The first-order valence-electron chi connectivity index (χ1n) is 7.65. The number of carbonyl (C=O) groups excluding carboxylic acids is 1. The van der Waals surface area contributed by atoms with Crippen molar-refractivity contribution in [1.29, 1.82) is 0 Å². The number of nitrogens with one attached hydrogen (secondary N) is 2. The minimum Gasteiger partial charge on any atom is -0.506 e. The van der Waals surface area contributed by atoms with E-state index in [-0.39, 0.29) is 28.2 Å². The Balaban J connectivity index is 2.29. The number of aromatic hydroxyl groups is 1. The molecule has 134 valence electrons. The first-order chi connectivity index (χ1) is 11.7. The number of halogens is 1. The van der Waals surface area contributed by atoms with Gasteiger partial charge in [-0.25, -0.2) is 8.42 Å². The van der Waals surface area contributed by atoms with E-state index in [9.17, 15) is 18.3 Å². The van der Waals surface area contributed by atoms with Gasteiger partial charge in [0, 0.05) is 10.9 Å². The number of carbonyl (C=O) groups is 1. The Morgan fingerprint density at radius 2 is 1.96 bits per heavy atom. The number of sulfonamides is 1. The number of rotatable bonds is 6. The Kier molecular flexibility index (Phi) is 5.92. The van der Waals surface area contributed by atoms with E-state index >= 15 is 0 Å². The fourth-order valence-corrected chi connectivity index (χ4v) is 3.26. The number of phenols is 1. The molecule has 0 radical (unpaired) electrons. The summed E-state index contributed by atoms with van der Waals surface area (Å²) in [4.78, 5) is 11.9. The number of amides is 1. The highest BCUT2D eigenvalue weighted by molar-refractivity contribution is 7.92. The largest absolute Gasteiger partial charge is 0.506 e. The molecule has 0 aromatic heterocycles. The number of anilines is 2. The molecule has 1 amide bonds. The zero-order chi connectivity index (χ0) is 18.6. The van der Waals surface area contributed by atoms with Crippen molar-refractivity contribution in [3.8, 4) is 5.75 Å². The van der Waals surface area contributed by atoms with Crippen molar-refractivity contribution >= 4 is 38.9 Å². The second kappa shape index (κ2) is 7.76. The van der Waals surface area contributed by atoms with E-state index in [1.54, 1.807) is 25.1 Å². The maximum absolute atomic E-state index is 12.5. The van der Waals surface area contributed by atoms with E-state index in [0.717, 1.165) is 0 Å². The van der Waals surface area contributed by atoms with E-state index in [4.69, 9.17) is 11.6 Å². The van der Waals surface area contributed by atoms with Crippen molar-refractivity contribution in [2.45, 2.75) is 25.2 Å². The van der Waals surface area contributed by atoms with Gasteiger partial charge in [0.15, 0.2) is 0 Å². The lowest BCUT2D eigenvalue weighted by Gasteiger charge is -2.13. The molecular weight excluding hydrogens is 364 g/mol. The molecule has 2 rings (SSSR count). The maximum atomic E-state index is 12.5. The normalized spacial score (nSPS) is 12.4. The van der Waals surface area contributed by atoms with Gasteiger partial charge in [0.25, 0.3) is 10.0 Å². The molecule has 0 unspecified atom stereocenters. The summed E-state index contributed by atoms with van der Waals surface area (Å²) in [6.45, 7) is 3.60. The van der Waals surface area contributed by atoms with Crippen LogP contribution < -0.4 is 10.0 Å². The molecule has 6 nitrogen and oxygen atoms in total. The van der Waals surface area contributed by atoms with Crippen molar-refractivity contribution < 1.29 is 18.3 Å². The van der Waals surface area contributed by atoms with Gasteiger partial charge in [0.2, 0.25) is 5.91 Å². The summed E-state index contributed by atoms with van der Waals surface area (Å²) in [5, 5.41) is 12.8. The lowest BCUT2D eigenvalue weighted by molar-refractivity contribution is -0.119. The molecule has 1 atom stereocenters. The van der Waals surface area contributed by atoms with Crippen LogP contribution in [0.15, 0.2) is 47.4 Å². The molecule has 0 spiro atoms. The Hall–Kier alpha value is -2.25.